The van der Waals surface area contributed by atoms with Gasteiger partial charge in [0.05, 0.1) is 12.7 Å². The molecule has 112 valence electrons. The van der Waals surface area contributed by atoms with Crippen LogP contribution in [0.25, 0.3) is 0 Å². The number of ether oxygens (including phenoxy) is 1. The summed E-state index contributed by atoms with van der Waals surface area (Å²) in [5.41, 5.74) is 2.73. The number of hydrogen-bond acceptors (Lipinski definition) is 3. The van der Waals surface area contributed by atoms with Gasteiger partial charge in [0, 0.05) is 18.7 Å². The van der Waals surface area contributed by atoms with Gasteiger partial charge in [0.15, 0.2) is 0 Å². The Morgan fingerprint density at radius 3 is 2.35 bits per heavy atom. The maximum atomic E-state index is 12.0. The second-order valence-electron chi connectivity index (χ2n) is 5.67. The van der Waals surface area contributed by atoms with Crippen LogP contribution >= 0.6 is 0 Å². The Bertz CT molecular complexity index is 423. The predicted molar refractivity (Wildman–Crippen MR) is 79.9 cm³/mol. The van der Waals surface area contributed by atoms with Gasteiger partial charge in [-0.1, -0.05) is 31.0 Å². The average molecular weight is 279 g/mol. The predicted octanol–water partition coefficient (Wildman–Crippen LogP) is 2.07. The Labute approximate surface area is 121 Å². The summed E-state index contributed by atoms with van der Waals surface area (Å²) < 4.78 is 5.33. The molecule has 2 N–H and O–H groups in total. The van der Waals surface area contributed by atoms with E-state index >= 15 is 0 Å². The van der Waals surface area contributed by atoms with E-state index in [1.807, 2.05) is 45.9 Å². The third kappa shape index (κ3) is 6.17. The molecule has 1 aromatic carbocycles. The standard InChI is InChI=1S/C16H25NO3/c1-11(2)9-20-10-15(18)8-17-16(19)14-6-12(3)5-13(4)7-14/h5-7,11,15,18H,8-10H2,1-4H3,(H,17,19). The maximum absolute atomic E-state index is 12.0. The lowest BCUT2D eigenvalue weighted by molar-refractivity contribution is 0.0259. The minimum Gasteiger partial charge on any atom is -0.389 e. The smallest absolute Gasteiger partial charge is 0.251 e. The van der Waals surface area contributed by atoms with Crippen molar-refractivity contribution in [2.45, 2.75) is 33.8 Å². The van der Waals surface area contributed by atoms with Crippen molar-refractivity contribution >= 4 is 5.91 Å². The largest absolute Gasteiger partial charge is 0.389 e. The number of carbonyl (C=O) groups excluding carboxylic acids is 1. The fourth-order valence-corrected chi connectivity index (χ4v) is 1.92. The molecule has 4 nitrogen and oxygen atoms in total. The molecular weight excluding hydrogens is 254 g/mol. The summed E-state index contributed by atoms with van der Waals surface area (Å²) in [6.07, 6.45) is -0.677. The zero-order chi connectivity index (χ0) is 15.1. The summed E-state index contributed by atoms with van der Waals surface area (Å²) in [7, 11) is 0. The fourth-order valence-electron chi connectivity index (χ4n) is 1.92. The number of nitrogens with one attached hydrogen (secondary N) is 1. The van der Waals surface area contributed by atoms with Crippen LogP contribution in [0, 0.1) is 19.8 Å². The van der Waals surface area contributed by atoms with Gasteiger partial charge in [-0.2, -0.15) is 0 Å². The molecule has 0 aliphatic carbocycles. The number of amides is 1. The number of aryl methyl sites for hydroxylation is 2. The van der Waals surface area contributed by atoms with Crippen LogP contribution in [0.5, 0.6) is 0 Å². The van der Waals surface area contributed by atoms with Gasteiger partial charge in [0.1, 0.15) is 0 Å². The normalized spacial score (nSPS) is 12.5. The highest BCUT2D eigenvalue weighted by molar-refractivity contribution is 5.94. The lowest BCUT2D eigenvalue weighted by Gasteiger charge is -2.14. The Balaban J connectivity index is 2.39. The van der Waals surface area contributed by atoms with Crippen LogP contribution in [0.4, 0.5) is 0 Å². The first-order valence-corrected chi connectivity index (χ1v) is 7.00. The van der Waals surface area contributed by atoms with E-state index in [0.29, 0.717) is 18.1 Å². The molecular formula is C16H25NO3. The van der Waals surface area contributed by atoms with Crippen molar-refractivity contribution in [1.82, 2.24) is 5.32 Å². The van der Waals surface area contributed by atoms with E-state index in [-0.39, 0.29) is 19.1 Å². The van der Waals surface area contributed by atoms with E-state index < -0.39 is 6.10 Å². The van der Waals surface area contributed by atoms with E-state index in [9.17, 15) is 9.90 Å². The molecule has 0 fully saturated rings. The zero-order valence-corrected chi connectivity index (χ0v) is 12.8. The summed E-state index contributed by atoms with van der Waals surface area (Å²) in [6.45, 7) is 9.07. The van der Waals surface area contributed by atoms with E-state index in [0.717, 1.165) is 11.1 Å². The Hall–Kier alpha value is -1.39. The number of hydrogen-bond donors (Lipinski definition) is 2. The summed E-state index contributed by atoms with van der Waals surface area (Å²) in [5.74, 6) is 0.270. The minimum absolute atomic E-state index is 0.167. The molecule has 0 radical (unpaired) electrons. The van der Waals surface area contributed by atoms with Crippen LogP contribution in [0.1, 0.15) is 35.3 Å². The Morgan fingerprint density at radius 1 is 1.20 bits per heavy atom. The molecule has 0 aliphatic rings. The molecule has 0 saturated carbocycles. The van der Waals surface area contributed by atoms with Crippen molar-refractivity contribution in [2.24, 2.45) is 5.92 Å². The lowest BCUT2D eigenvalue weighted by atomic mass is 10.1. The van der Waals surface area contributed by atoms with E-state index in [1.165, 1.54) is 0 Å². The van der Waals surface area contributed by atoms with Gasteiger partial charge in [-0.15, -0.1) is 0 Å². The first-order chi connectivity index (χ1) is 9.38. The molecule has 0 saturated heterocycles. The fraction of sp³-hybridized carbons (Fsp3) is 0.562. The van der Waals surface area contributed by atoms with Crippen molar-refractivity contribution in [2.75, 3.05) is 19.8 Å². The van der Waals surface area contributed by atoms with Crippen LogP contribution in [-0.2, 0) is 4.74 Å². The number of aliphatic hydroxyl groups is 1. The summed E-state index contributed by atoms with van der Waals surface area (Å²) in [6, 6.07) is 5.69. The quantitative estimate of drug-likeness (QED) is 0.803. The van der Waals surface area contributed by atoms with Gasteiger partial charge < -0.3 is 15.2 Å². The van der Waals surface area contributed by atoms with Crippen LogP contribution in [0.15, 0.2) is 18.2 Å². The number of aliphatic hydroxyl groups excluding tert-OH is 1. The van der Waals surface area contributed by atoms with E-state index in [1.54, 1.807) is 0 Å². The molecule has 0 heterocycles. The molecule has 0 aromatic heterocycles. The molecule has 0 aliphatic heterocycles. The Kier molecular flexibility index (Phi) is 6.68. The highest BCUT2D eigenvalue weighted by Gasteiger charge is 2.10. The second-order valence-corrected chi connectivity index (χ2v) is 5.67. The molecule has 0 spiro atoms. The summed E-state index contributed by atoms with van der Waals surface area (Å²) in [5, 5.41) is 12.4. The van der Waals surface area contributed by atoms with E-state index in [2.05, 4.69) is 5.32 Å². The first-order valence-electron chi connectivity index (χ1n) is 7.00. The van der Waals surface area contributed by atoms with Gasteiger partial charge in [0.2, 0.25) is 0 Å². The van der Waals surface area contributed by atoms with E-state index in [4.69, 9.17) is 4.74 Å². The monoisotopic (exact) mass is 279 g/mol. The molecule has 1 rings (SSSR count). The SMILES string of the molecule is Cc1cc(C)cc(C(=O)NCC(O)COCC(C)C)c1. The maximum Gasteiger partial charge on any atom is 0.251 e. The van der Waals surface area contributed by atoms with Gasteiger partial charge in [0.25, 0.3) is 5.91 Å². The summed E-state index contributed by atoms with van der Waals surface area (Å²) >= 11 is 0. The molecule has 4 heteroatoms. The van der Waals surface area contributed by atoms with Crippen LogP contribution in [0.2, 0.25) is 0 Å². The molecule has 1 amide bonds. The Morgan fingerprint density at radius 2 is 1.80 bits per heavy atom. The van der Waals surface area contributed by atoms with Gasteiger partial charge in [-0.05, 0) is 31.9 Å². The van der Waals surface area contributed by atoms with Crippen molar-refractivity contribution in [3.8, 4) is 0 Å². The minimum atomic E-state index is -0.677. The van der Waals surface area contributed by atoms with Crippen molar-refractivity contribution < 1.29 is 14.6 Å². The lowest BCUT2D eigenvalue weighted by Crippen LogP contribution is -2.34. The van der Waals surface area contributed by atoms with Crippen molar-refractivity contribution in [3.05, 3.63) is 34.9 Å². The number of carbonyl (C=O) groups is 1. The van der Waals surface area contributed by atoms with Gasteiger partial charge in [-0.25, -0.2) is 0 Å². The zero-order valence-electron chi connectivity index (χ0n) is 12.8. The molecule has 1 aromatic rings. The van der Waals surface area contributed by atoms with Crippen molar-refractivity contribution in [3.63, 3.8) is 0 Å². The third-order valence-corrected chi connectivity index (χ3v) is 2.74. The molecule has 20 heavy (non-hydrogen) atoms. The number of rotatable bonds is 7. The van der Waals surface area contributed by atoms with Gasteiger partial charge in [-0.3, -0.25) is 4.79 Å². The van der Waals surface area contributed by atoms with Gasteiger partial charge >= 0.3 is 0 Å². The van der Waals surface area contributed by atoms with Crippen LogP contribution in [0.3, 0.4) is 0 Å². The highest BCUT2D eigenvalue weighted by Crippen LogP contribution is 2.08. The molecule has 1 unspecified atom stereocenters. The third-order valence-electron chi connectivity index (χ3n) is 2.74. The second kappa shape index (κ2) is 8.02. The molecule has 0 bridgehead atoms. The van der Waals surface area contributed by atoms with Crippen LogP contribution < -0.4 is 5.32 Å². The summed E-state index contributed by atoms with van der Waals surface area (Å²) in [4.78, 5) is 12.0. The van der Waals surface area contributed by atoms with Crippen molar-refractivity contribution in [1.29, 1.82) is 0 Å². The average Bonchev–Trinajstić information content (AvgIpc) is 2.34. The topological polar surface area (TPSA) is 58.6 Å². The highest BCUT2D eigenvalue weighted by atomic mass is 16.5. The molecule has 1 atom stereocenters. The first kappa shape index (κ1) is 16.7. The van der Waals surface area contributed by atoms with Crippen LogP contribution in [-0.4, -0.2) is 36.9 Å². The number of benzene rings is 1.